The molecule has 0 spiro atoms. The van der Waals surface area contributed by atoms with Crippen LogP contribution >= 0.6 is 0 Å². The zero-order valence-corrected chi connectivity index (χ0v) is 9.69. The van der Waals surface area contributed by atoms with Gasteiger partial charge in [-0.05, 0) is 17.7 Å². The molecule has 92 valence electrons. The highest BCUT2D eigenvalue weighted by molar-refractivity contribution is 6.35. The second kappa shape index (κ2) is 6.09. The molecular weight excluding hydrogens is 231 g/mol. The summed E-state index contributed by atoms with van der Waals surface area (Å²) in [6.07, 6.45) is 0. The van der Waals surface area contributed by atoms with Gasteiger partial charge >= 0.3 is 7.32 Å². The Morgan fingerprint density at radius 2 is 1.61 bits per heavy atom. The summed E-state index contributed by atoms with van der Waals surface area (Å²) in [4.78, 5) is 0. The van der Waals surface area contributed by atoms with E-state index < -0.39 is 7.32 Å². The molecule has 0 fully saturated rings. The van der Waals surface area contributed by atoms with Crippen LogP contribution in [0.1, 0.15) is 5.56 Å². The summed E-state index contributed by atoms with van der Waals surface area (Å²) >= 11 is 0. The summed E-state index contributed by atoms with van der Waals surface area (Å²) < 4.78 is 10.2. The molecule has 0 atom stereocenters. The Bertz CT molecular complexity index is 489. The SMILES string of the molecule is OB(OCc1ccccc1)Oc1ccccc1O. The maximum absolute atomic E-state index is 9.53. The maximum atomic E-state index is 9.53. The Balaban J connectivity index is 1.86. The van der Waals surface area contributed by atoms with Crippen LogP contribution in [0.15, 0.2) is 54.6 Å². The highest BCUT2D eigenvalue weighted by atomic mass is 16.7. The van der Waals surface area contributed by atoms with Gasteiger partial charge in [0, 0.05) is 0 Å². The van der Waals surface area contributed by atoms with E-state index in [1.807, 2.05) is 30.3 Å². The van der Waals surface area contributed by atoms with E-state index in [0.29, 0.717) is 0 Å². The number of hydrogen-bond donors (Lipinski definition) is 2. The predicted octanol–water partition coefficient (Wildman–Crippen LogP) is 1.97. The highest BCUT2D eigenvalue weighted by Crippen LogP contribution is 2.24. The minimum Gasteiger partial charge on any atom is -0.509 e. The van der Waals surface area contributed by atoms with Gasteiger partial charge in [0.15, 0.2) is 5.75 Å². The molecule has 5 heteroatoms. The molecule has 0 bridgehead atoms. The number of aromatic hydroxyl groups is 1. The molecule has 0 saturated carbocycles. The fraction of sp³-hybridized carbons (Fsp3) is 0.0769. The van der Waals surface area contributed by atoms with Gasteiger partial charge in [-0.15, -0.1) is 0 Å². The molecule has 4 nitrogen and oxygen atoms in total. The van der Waals surface area contributed by atoms with Crippen LogP contribution in [0.4, 0.5) is 0 Å². The largest absolute Gasteiger partial charge is 0.710 e. The van der Waals surface area contributed by atoms with Crippen LogP contribution in [-0.2, 0) is 11.3 Å². The van der Waals surface area contributed by atoms with Crippen molar-refractivity contribution < 1.29 is 19.4 Å². The topological polar surface area (TPSA) is 58.9 Å². The normalized spacial score (nSPS) is 10.1. The molecule has 2 N–H and O–H groups in total. The van der Waals surface area contributed by atoms with Crippen molar-refractivity contribution in [2.75, 3.05) is 0 Å². The molecule has 2 rings (SSSR count). The fourth-order valence-electron chi connectivity index (χ4n) is 1.44. The number of hydrogen-bond acceptors (Lipinski definition) is 4. The standard InChI is InChI=1S/C13H13BO4/c15-12-8-4-5-9-13(12)18-14(16)17-10-11-6-2-1-3-7-11/h1-9,15-16H,10H2. The Kier molecular flexibility index (Phi) is 4.22. The lowest BCUT2D eigenvalue weighted by Crippen LogP contribution is -2.25. The van der Waals surface area contributed by atoms with Crippen molar-refractivity contribution in [2.24, 2.45) is 0 Å². The molecule has 0 aliphatic rings. The number of benzene rings is 2. The average Bonchev–Trinajstić information content (AvgIpc) is 2.40. The predicted molar refractivity (Wildman–Crippen MR) is 67.9 cm³/mol. The van der Waals surface area contributed by atoms with Crippen molar-refractivity contribution in [3.8, 4) is 11.5 Å². The molecule has 0 aromatic heterocycles. The van der Waals surface area contributed by atoms with Gasteiger partial charge in [0.05, 0.1) is 6.61 Å². The molecule has 0 heterocycles. The van der Waals surface area contributed by atoms with E-state index in [2.05, 4.69) is 0 Å². The zero-order chi connectivity index (χ0) is 12.8. The number of rotatable bonds is 5. The van der Waals surface area contributed by atoms with Gasteiger partial charge in [-0.1, -0.05) is 42.5 Å². The number of phenols is 1. The van der Waals surface area contributed by atoms with Gasteiger partial charge in [0.1, 0.15) is 5.75 Å². The Morgan fingerprint density at radius 3 is 2.33 bits per heavy atom. The van der Waals surface area contributed by atoms with Gasteiger partial charge in [-0.2, -0.15) is 0 Å². The summed E-state index contributed by atoms with van der Waals surface area (Å²) in [7, 11) is -1.42. The van der Waals surface area contributed by atoms with E-state index in [0.717, 1.165) is 5.56 Å². The molecule has 0 unspecified atom stereocenters. The molecule has 0 aliphatic heterocycles. The first kappa shape index (κ1) is 12.5. The van der Waals surface area contributed by atoms with E-state index in [9.17, 15) is 10.1 Å². The molecule has 0 aliphatic carbocycles. The summed E-state index contributed by atoms with van der Waals surface area (Å²) in [6, 6.07) is 15.8. The summed E-state index contributed by atoms with van der Waals surface area (Å²) in [5.41, 5.74) is 0.928. The van der Waals surface area contributed by atoms with Crippen LogP contribution < -0.4 is 4.65 Å². The van der Waals surface area contributed by atoms with Crippen LogP contribution in [0.3, 0.4) is 0 Å². The van der Waals surface area contributed by atoms with Crippen molar-refractivity contribution in [2.45, 2.75) is 6.61 Å². The van der Waals surface area contributed by atoms with E-state index in [-0.39, 0.29) is 18.1 Å². The minimum atomic E-state index is -1.42. The Hall–Kier alpha value is -1.98. The molecule has 2 aromatic carbocycles. The quantitative estimate of drug-likeness (QED) is 0.789. The number of phenolic OH excluding ortho intramolecular Hbond substituents is 1. The van der Waals surface area contributed by atoms with Crippen LogP contribution in [-0.4, -0.2) is 17.5 Å². The molecule has 18 heavy (non-hydrogen) atoms. The van der Waals surface area contributed by atoms with Crippen LogP contribution in [0, 0.1) is 0 Å². The lowest BCUT2D eigenvalue weighted by atomic mass is 10.2. The third-order valence-corrected chi connectivity index (χ3v) is 2.33. The van der Waals surface area contributed by atoms with E-state index in [1.54, 1.807) is 18.2 Å². The average molecular weight is 244 g/mol. The second-order valence-corrected chi connectivity index (χ2v) is 3.69. The van der Waals surface area contributed by atoms with Gasteiger partial charge in [0.2, 0.25) is 0 Å². The molecule has 0 radical (unpaired) electrons. The van der Waals surface area contributed by atoms with Crippen molar-refractivity contribution in [1.29, 1.82) is 0 Å². The molecule has 0 amide bonds. The van der Waals surface area contributed by atoms with E-state index in [4.69, 9.17) is 9.31 Å². The summed E-state index contributed by atoms with van der Waals surface area (Å²) in [5.74, 6) is 0.137. The molecular formula is C13H13BO4. The first-order valence-electron chi connectivity index (χ1n) is 5.54. The lowest BCUT2D eigenvalue weighted by Gasteiger charge is -2.11. The fourth-order valence-corrected chi connectivity index (χ4v) is 1.44. The molecule has 2 aromatic rings. The van der Waals surface area contributed by atoms with Gasteiger partial charge in [0.25, 0.3) is 0 Å². The second-order valence-electron chi connectivity index (χ2n) is 3.69. The Labute approximate surface area is 106 Å². The third-order valence-electron chi connectivity index (χ3n) is 2.33. The zero-order valence-electron chi connectivity index (χ0n) is 9.69. The number of para-hydroxylation sites is 2. The van der Waals surface area contributed by atoms with Crippen molar-refractivity contribution in [1.82, 2.24) is 0 Å². The monoisotopic (exact) mass is 244 g/mol. The first-order chi connectivity index (χ1) is 8.75. The summed E-state index contributed by atoms with van der Waals surface area (Å²) in [6.45, 7) is 0.232. The van der Waals surface area contributed by atoms with Gasteiger partial charge in [-0.25, -0.2) is 0 Å². The van der Waals surface area contributed by atoms with E-state index in [1.165, 1.54) is 6.07 Å². The minimum absolute atomic E-state index is 0.0418. The smallest absolute Gasteiger partial charge is 0.509 e. The van der Waals surface area contributed by atoms with Crippen molar-refractivity contribution in [3.05, 3.63) is 60.2 Å². The lowest BCUT2D eigenvalue weighted by molar-refractivity contribution is 0.182. The van der Waals surface area contributed by atoms with Gasteiger partial charge < -0.3 is 19.4 Å². The highest BCUT2D eigenvalue weighted by Gasteiger charge is 2.19. The summed E-state index contributed by atoms with van der Waals surface area (Å²) in [5, 5.41) is 19.0. The van der Waals surface area contributed by atoms with E-state index >= 15 is 0 Å². The van der Waals surface area contributed by atoms with Crippen molar-refractivity contribution in [3.63, 3.8) is 0 Å². The van der Waals surface area contributed by atoms with Gasteiger partial charge in [-0.3, -0.25) is 0 Å². The van der Waals surface area contributed by atoms with Crippen LogP contribution in [0.5, 0.6) is 11.5 Å². The van der Waals surface area contributed by atoms with Crippen molar-refractivity contribution >= 4 is 7.32 Å². The Morgan fingerprint density at radius 1 is 0.944 bits per heavy atom. The third kappa shape index (κ3) is 3.51. The van der Waals surface area contributed by atoms with Crippen LogP contribution in [0.2, 0.25) is 0 Å². The van der Waals surface area contributed by atoms with Crippen LogP contribution in [0.25, 0.3) is 0 Å². The molecule has 0 saturated heterocycles. The first-order valence-corrected chi connectivity index (χ1v) is 5.54. The maximum Gasteiger partial charge on any atom is 0.710 e.